The minimum Gasteiger partial charge on any atom is -0.481 e. The normalized spacial score (nSPS) is 17.1. The second-order valence-corrected chi connectivity index (χ2v) is 6.21. The second-order valence-electron chi connectivity index (χ2n) is 5.42. The van der Waals surface area contributed by atoms with Crippen molar-refractivity contribution in [3.8, 4) is 0 Å². The fourth-order valence-corrected chi connectivity index (χ4v) is 3.04. The molecule has 110 valence electrons. The number of carbonyl (C=O) groups is 2. The molecule has 0 radical (unpaired) electrons. The van der Waals surface area contributed by atoms with E-state index < -0.39 is 11.4 Å². The molecule has 1 N–H and O–H groups in total. The Balaban J connectivity index is 1.98. The topological polar surface area (TPSA) is 70.8 Å². The lowest BCUT2D eigenvalue weighted by Crippen LogP contribution is -2.36. The molecule has 0 aliphatic heterocycles. The van der Waals surface area contributed by atoms with Crippen LogP contribution in [0.1, 0.15) is 37.9 Å². The van der Waals surface area contributed by atoms with Crippen LogP contribution in [0.3, 0.4) is 0 Å². The Labute approximate surface area is 126 Å². The summed E-state index contributed by atoms with van der Waals surface area (Å²) in [4.78, 5) is 25.2. The van der Waals surface area contributed by atoms with Crippen LogP contribution in [0.4, 0.5) is 0 Å². The smallest absolute Gasteiger partial charge is 0.310 e. The quantitative estimate of drug-likeness (QED) is 0.891. The number of rotatable bonds is 5. The number of hydrogen-bond donors (Lipinski definition) is 1. The van der Waals surface area contributed by atoms with E-state index in [0.717, 1.165) is 12.8 Å². The second kappa shape index (κ2) is 5.99. The van der Waals surface area contributed by atoms with Crippen LogP contribution in [0.25, 0.3) is 0 Å². The highest BCUT2D eigenvalue weighted by Crippen LogP contribution is 2.41. The van der Waals surface area contributed by atoms with E-state index in [-0.39, 0.29) is 12.3 Å². The highest BCUT2D eigenvalue weighted by atomic mass is 79.9. The van der Waals surface area contributed by atoms with Crippen LogP contribution in [0.15, 0.2) is 21.2 Å². The predicted octanol–water partition coefficient (Wildman–Crippen LogP) is 3.04. The molecular weight excluding hydrogens is 326 g/mol. The van der Waals surface area contributed by atoms with Gasteiger partial charge in [0.05, 0.1) is 12.0 Å². The SMILES string of the molecule is CN(Cc1ccc(Br)o1)C(=O)CC1(C(=O)O)CCCC1. The zero-order valence-corrected chi connectivity index (χ0v) is 13.0. The van der Waals surface area contributed by atoms with Gasteiger partial charge in [-0.1, -0.05) is 12.8 Å². The summed E-state index contributed by atoms with van der Waals surface area (Å²) in [6.45, 7) is 0.347. The van der Waals surface area contributed by atoms with E-state index >= 15 is 0 Å². The van der Waals surface area contributed by atoms with Gasteiger partial charge in [-0.15, -0.1) is 0 Å². The van der Waals surface area contributed by atoms with Crippen molar-refractivity contribution in [1.29, 1.82) is 0 Å². The zero-order chi connectivity index (χ0) is 14.8. The van der Waals surface area contributed by atoms with Crippen molar-refractivity contribution in [1.82, 2.24) is 4.90 Å². The number of hydrogen-bond acceptors (Lipinski definition) is 3. The van der Waals surface area contributed by atoms with E-state index in [0.29, 0.717) is 29.8 Å². The van der Waals surface area contributed by atoms with Gasteiger partial charge in [-0.2, -0.15) is 0 Å². The number of nitrogens with zero attached hydrogens (tertiary/aromatic N) is 1. The fraction of sp³-hybridized carbons (Fsp3) is 0.571. The maximum atomic E-state index is 12.2. The Kier molecular flexibility index (Phi) is 4.52. The van der Waals surface area contributed by atoms with Gasteiger partial charge in [-0.25, -0.2) is 0 Å². The van der Waals surface area contributed by atoms with Crippen LogP contribution in [0, 0.1) is 5.41 Å². The van der Waals surface area contributed by atoms with E-state index in [1.165, 1.54) is 4.90 Å². The van der Waals surface area contributed by atoms with E-state index in [2.05, 4.69) is 15.9 Å². The number of aliphatic carboxylic acids is 1. The molecule has 1 saturated carbocycles. The number of halogens is 1. The molecule has 2 rings (SSSR count). The van der Waals surface area contributed by atoms with E-state index in [9.17, 15) is 14.7 Å². The van der Waals surface area contributed by atoms with E-state index in [1.807, 2.05) is 0 Å². The molecule has 6 heteroatoms. The summed E-state index contributed by atoms with van der Waals surface area (Å²) in [6, 6.07) is 3.56. The van der Waals surface area contributed by atoms with Gasteiger partial charge in [-0.3, -0.25) is 9.59 Å². The van der Waals surface area contributed by atoms with Crippen LogP contribution >= 0.6 is 15.9 Å². The van der Waals surface area contributed by atoms with Gasteiger partial charge >= 0.3 is 5.97 Å². The van der Waals surface area contributed by atoms with Gasteiger partial charge in [-0.05, 0) is 40.9 Å². The summed E-state index contributed by atoms with van der Waals surface area (Å²) in [7, 11) is 1.67. The lowest BCUT2D eigenvalue weighted by molar-refractivity contribution is -0.153. The highest BCUT2D eigenvalue weighted by Gasteiger charge is 2.43. The average molecular weight is 344 g/mol. The number of furan rings is 1. The Bertz CT molecular complexity index is 505. The predicted molar refractivity (Wildman–Crippen MR) is 76.0 cm³/mol. The molecule has 0 saturated heterocycles. The Morgan fingerprint density at radius 1 is 1.40 bits per heavy atom. The van der Waals surface area contributed by atoms with Gasteiger partial charge in [0.1, 0.15) is 5.76 Å². The molecule has 1 fully saturated rings. The lowest BCUT2D eigenvalue weighted by Gasteiger charge is -2.26. The first-order chi connectivity index (χ1) is 9.43. The van der Waals surface area contributed by atoms with E-state index in [1.54, 1.807) is 19.2 Å². The summed E-state index contributed by atoms with van der Waals surface area (Å²) in [5.41, 5.74) is -0.866. The molecule has 20 heavy (non-hydrogen) atoms. The molecule has 1 aliphatic rings. The Morgan fingerprint density at radius 2 is 2.05 bits per heavy atom. The third-order valence-corrected chi connectivity index (χ3v) is 4.38. The molecule has 1 heterocycles. The van der Waals surface area contributed by atoms with Crippen molar-refractivity contribution in [3.63, 3.8) is 0 Å². The molecule has 1 aliphatic carbocycles. The zero-order valence-electron chi connectivity index (χ0n) is 11.4. The average Bonchev–Trinajstić information content (AvgIpc) is 2.99. The van der Waals surface area contributed by atoms with Gasteiger partial charge in [0, 0.05) is 13.5 Å². The molecule has 5 nitrogen and oxygen atoms in total. The monoisotopic (exact) mass is 343 g/mol. The Morgan fingerprint density at radius 3 is 2.55 bits per heavy atom. The van der Waals surface area contributed by atoms with Crippen molar-refractivity contribution >= 4 is 27.8 Å². The number of carboxylic acid groups (broad SMARTS) is 1. The maximum Gasteiger partial charge on any atom is 0.310 e. The first-order valence-corrected chi connectivity index (χ1v) is 7.44. The maximum absolute atomic E-state index is 12.2. The summed E-state index contributed by atoms with van der Waals surface area (Å²) in [6.07, 6.45) is 3.02. The minimum atomic E-state index is -0.866. The van der Waals surface area contributed by atoms with Crippen molar-refractivity contribution in [2.45, 2.75) is 38.6 Å². The van der Waals surface area contributed by atoms with Crippen molar-refractivity contribution in [3.05, 3.63) is 22.6 Å². The van der Waals surface area contributed by atoms with Gasteiger partial charge < -0.3 is 14.4 Å². The molecule has 1 aromatic rings. The highest BCUT2D eigenvalue weighted by molar-refractivity contribution is 9.10. The largest absolute Gasteiger partial charge is 0.481 e. The molecule has 0 bridgehead atoms. The van der Waals surface area contributed by atoms with Crippen molar-refractivity contribution in [2.75, 3.05) is 7.05 Å². The Hall–Kier alpha value is -1.30. The molecule has 0 atom stereocenters. The lowest BCUT2D eigenvalue weighted by atomic mass is 9.82. The van der Waals surface area contributed by atoms with Crippen LogP contribution in [0.2, 0.25) is 0 Å². The first kappa shape index (κ1) is 15.1. The molecule has 1 aromatic heterocycles. The minimum absolute atomic E-state index is 0.0702. The third kappa shape index (κ3) is 3.23. The van der Waals surface area contributed by atoms with Gasteiger partial charge in [0.25, 0.3) is 0 Å². The van der Waals surface area contributed by atoms with Crippen LogP contribution in [-0.4, -0.2) is 28.9 Å². The summed E-state index contributed by atoms with van der Waals surface area (Å²) in [5.74, 6) is -0.331. The van der Waals surface area contributed by atoms with Crippen molar-refractivity contribution in [2.24, 2.45) is 5.41 Å². The molecular formula is C14H18BrNO4. The van der Waals surface area contributed by atoms with Crippen LogP contribution in [0.5, 0.6) is 0 Å². The first-order valence-electron chi connectivity index (χ1n) is 6.64. The molecule has 1 amide bonds. The number of carbonyl (C=O) groups excluding carboxylic acids is 1. The van der Waals surface area contributed by atoms with E-state index in [4.69, 9.17) is 4.42 Å². The molecule has 0 unspecified atom stereocenters. The summed E-state index contributed by atoms with van der Waals surface area (Å²) in [5, 5.41) is 9.39. The summed E-state index contributed by atoms with van der Waals surface area (Å²) < 4.78 is 5.97. The summed E-state index contributed by atoms with van der Waals surface area (Å²) >= 11 is 3.21. The number of carboxylic acids is 1. The van der Waals surface area contributed by atoms with Crippen LogP contribution < -0.4 is 0 Å². The molecule has 0 spiro atoms. The molecule has 0 aromatic carbocycles. The van der Waals surface area contributed by atoms with Crippen LogP contribution in [-0.2, 0) is 16.1 Å². The van der Waals surface area contributed by atoms with Gasteiger partial charge in [0.2, 0.25) is 5.91 Å². The number of amides is 1. The van der Waals surface area contributed by atoms with Gasteiger partial charge in [0.15, 0.2) is 4.67 Å². The standard InChI is InChI=1S/C14H18BrNO4/c1-16(9-10-4-5-11(15)20-10)12(17)8-14(13(18)19)6-2-3-7-14/h4-5H,2-3,6-9H2,1H3,(H,18,19). The third-order valence-electron chi connectivity index (χ3n) is 3.95. The fourth-order valence-electron chi connectivity index (χ4n) is 2.70. The van der Waals surface area contributed by atoms with Crippen molar-refractivity contribution < 1.29 is 19.1 Å².